The molecule has 3 rings (SSSR count). The van der Waals surface area contributed by atoms with E-state index in [-0.39, 0.29) is 16.4 Å². The van der Waals surface area contributed by atoms with Gasteiger partial charge >= 0.3 is 0 Å². The van der Waals surface area contributed by atoms with E-state index in [1.54, 1.807) is 12.1 Å². The van der Waals surface area contributed by atoms with E-state index in [0.29, 0.717) is 17.2 Å². The summed E-state index contributed by atoms with van der Waals surface area (Å²) in [5.41, 5.74) is 1.13. The smallest absolute Gasteiger partial charge is 0.293 e. The molecule has 1 saturated carbocycles. The van der Waals surface area contributed by atoms with Crippen LogP contribution in [0, 0.1) is 22.0 Å². The average molecular weight is 302 g/mol. The molecule has 5 nitrogen and oxygen atoms in total. The minimum absolute atomic E-state index is 0.0574. The third kappa shape index (κ3) is 2.85. The largest absolute Gasteiger partial charge is 0.366 e. The second-order valence-electron chi connectivity index (χ2n) is 6.56. The van der Waals surface area contributed by atoms with Crippen molar-refractivity contribution in [3.05, 3.63) is 33.9 Å². The number of Topliss-reactive ketones (excluding diaryl/α,β-unsaturated/α-hetero) is 1. The molecule has 118 valence electrons. The molecule has 0 amide bonds. The predicted molar refractivity (Wildman–Crippen MR) is 85.4 cm³/mol. The Bertz CT molecular complexity index is 600. The van der Waals surface area contributed by atoms with Crippen LogP contribution in [0.15, 0.2) is 18.2 Å². The van der Waals surface area contributed by atoms with Crippen LogP contribution in [-0.2, 0) is 0 Å². The lowest BCUT2D eigenvalue weighted by molar-refractivity contribution is -0.384. The summed E-state index contributed by atoms with van der Waals surface area (Å²) in [5, 5.41) is 11.4. The van der Waals surface area contributed by atoms with Crippen molar-refractivity contribution in [1.82, 2.24) is 0 Å². The third-order valence-corrected chi connectivity index (χ3v) is 5.21. The highest BCUT2D eigenvalue weighted by Gasteiger charge is 2.33. The maximum atomic E-state index is 11.5. The predicted octanol–water partition coefficient (Wildman–Crippen LogP) is 3.81. The Hall–Kier alpha value is -1.91. The van der Waals surface area contributed by atoms with E-state index in [1.807, 2.05) is 0 Å². The summed E-state index contributed by atoms with van der Waals surface area (Å²) in [5.74, 6) is 1.32. The molecule has 0 N–H and O–H groups in total. The molecule has 0 bridgehead atoms. The van der Waals surface area contributed by atoms with Gasteiger partial charge in [0.1, 0.15) is 5.69 Å². The zero-order valence-corrected chi connectivity index (χ0v) is 13.0. The molecule has 0 aromatic heterocycles. The Morgan fingerprint density at radius 2 is 1.95 bits per heavy atom. The van der Waals surface area contributed by atoms with Crippen LogP contribution in [0.2, 0.25) is 0 Å². The average Bonchev–Trinajstić information content (AvgIpc) is 2.53. The van der Waals surface area contributed by atoms with Crippen LogP contribution in [-0.4, -0.2) is 23.8 Å². The van der Waals surface area contributed by atoms with E-state index in [2.05, 4.69) is 4.90 Å². The number of hydrogen-bond donors (Lipinski definition) is 0. The molecule has 0 spiro atoms. The molecule has 22 heavy (non-hydrogen) atoms. The highest BCUT2D eigenvalue weighted by molar-refractivity contribution is 5.95. The van der Waals surface area contributed by atoms with E-state index in [9.17, 15) is 14.9 Å². The molecular formula is C17H22N2O3. The fourth-order valence-corrected chi connectivity index (χ4v) is 3.98. The second kappa shape index (κ2) is 6.07. The molecule has 1 aliphatic carbocycles. The quantitative estimate of drug-likeness (QED) is 0.484. The van der Waals surface area contributed by atoms with Gasteiger partial charge in [-0.15, -0.1) is 0 Å². The molecule has 1 aliphatic heterocycles. The van der Waals surface area contributed by atoms with Gasteiger partial charge in [-0.2, -0.15) is 0 Å². The van der Waals surface area contributed by atoms with Crippen molar-refractivity contribution < 1.29 is 9.72 Å². The number of nitrogens with zero attached hydrogens (tertiary/aromatic N) is 2. The monoisotopic (exact) mass is 302 g/mol. The van der Waals surface area contributed by atoms with Crippen molar-refractivity contribution in [3.8, 4) is 0 Å². The zero-order valence-electron chi connectivity index (χ0n) is 13.0. The van der Waals surface area contributed by atoms with Gasteiger partial charge < -0.3 is 4.90 Å². The first-order chi connectivity index (χ1) is 10.6. The van der Waals surface area contributed by atoms with Gasteiger partial charge in [0.05, 0.1) is 4.92 Å². The fraction of sp³-hybridized carbons (Fsp3) is 0.588. The van der Waals surface area contributed by atoms with E-state index in [1.165, 1.54) is 38.7 Å². The summed E-state index contributed by atoms with van der Waals surface area (Å²) in [6, 6.07) is 4.88. The maximum Gasteiger partial charge on any atom is 0.293 e. The van der Waals surface area contributed by atoms with Crippen molar-refractivity contribution in [2.45, 2.75) is 39.0 Å². The Balaban J connectivity index is 1.87. The van der Waals surface area contributed by atoms with Crippen molar-refractivity contribution in [3.63, 3.8) is 0 Å². The van der Waals surface area contributed by atoms with Crippen molar-refractivity contribution in [2.24, 2.45) is 11.8 Å². The minimum Gasteiger partial charge on any atom is -0.366 e. The molecule has 1 heterocycles. The standard InChI is InChI=1S/C17H22N2O3/c1-12(20)14-6-7-16(17(10-14)19(21)22)18-9-8-13-4-2-3-5-15(13)11-18/h6-7,10,13,15H,2-5,8-9,11H2,1H3/t13-,15+/m0/s1. The number of hydrogen-bond acceptors (Lipinski definition) is 4. The van der Waals surface area contributed by atoms with Crippen LogP contribution in [0.4, 0.5) is 11.4 Å². The van der Waals surface area contributed by atoms with Crippen LogP contribution >= 0.6 is 0 Å². The second-order valence-corrected chi connectivity index (χ2v) is 6.56. The van der Waals surface area contributed by atoms with Crippen LogP contribution in [0.3, 0.4) is 0 Å². The fourth-order valence-electron chi connectivity index (χ4n) is 3.98. The number of piperidine rings is 1. The number of nitro groups is 1. The van der Waals surface area contributed by atoms with E-state index >= 15 is 0 Å². The summed E-state index contributed by atoms with van der Waals surface area (Å²) >= 11 is 0. The van der Waals surface area contributed by atoms with Crippen molar-refractivity contribution in [2.75, 3.05) is 18.0 Å². The van der Waals surface area contributed by atoms with Crippen LogP contribution in [0.25, 0.3) is 0 Å². The molecule has 2 aliphatic rings. The normalized spacial score (nSPS) is 24.7. The number of carbonyl (C=O) groups is 1. The summed E-state index contributed by atoms with van der Waals surface area (Å²) in [4.78, 5) is 24.6. The van der Waals surface area contributed by atoms with Crippen LogP contribution in [0.1, 0.15) is 49.4 Å². The Morgan fingerprint density at radius 1 is 1.23 bits per heavy atom. The summed E-state index contributed by atoms with van der Waals surface area (Å²) < 4.78 is 0. The molecule has 0 unspecified atom stereocenters. The molecule has 1 saturated heterocycles. The highest BCUT2D eigenvalue weighted by atomic mass is 16.6. The number of anilines is 1. The van der Waals surface area contributed by atoms with E-state index < -0.39 is 0 Å². The van der Waals surface area contributed by atoms with Gasteiger partial charge in [-0.1, -0.05) is 19.3 Å². The number of fused-ring (bicyclic) bond motifs is 1. The lowest BCUT2D eigenvalue weighted by Gasteiger charge is -2.42. The van der Waals surface area contributed by atoms with Crippen LogP contribution in [0.5, 0.6) is 0 Å². The Morgan fingerprint density at radius 3 is 2.64 bits per heavy atom. The van der Waals surface area contributed by atoms with Crippen molar-refractivity contribution >= 4 is 17.2 Å². The number of rotatable bonds is 3. The molecule has 1 aromatic rings. The lowest BCUT2D eigenvalue weighted by Crippen LogP contribution is -2.42. The number of ketones is 1. The van der Waals surface area contributed by atoms with Gasteiger partial charge in [0.25, 0.3) is 5.69 Å². The first-order valence-electron chi connectivity index (χ1n) is 8.10. The lowest BCUT2D eigenvalue weighted by atomic mass is 9.75. The molecule has 2 fully saturated rings. The van der Waals surface area contributed by atoms with Gasteiger partial charge in [-0.25, -0.2) is 0 Å². The van der Waals surface area contributed by atoms with Gasteiger partial charge in [0.15, 0.2) is 5.78 Å². The van der Waals surface area contributed by atoms with Gasteiger partial charge in [0, 0.05) is 24.7 Å². The molecule has 5 heteroatoms. The Kier molecular flexibility index (Phi) is 4.14. The topological polar surface area (TPSA) is 63.5 Å². The molecule has 1 aromatic carbocycles. The Labute approximate surface area is 130 Å². The van der Waals surface area contributed by atoms with Gasteiger partial charge in [-0.05, 0) is 43.7 Å². The zero-order chi connectivity index (χ0) is 15.7. The summed E-state index contributed by atoms with van der Waals surface area (Å²) in [6.45, 7) is 3.22. The highest BCUT2D eigenvalue weighted by Crippen LogP contribution is 2.39. The first kappa shape index (κ1) is 15.0. The van der Waals surface area contributed by atoms with Gasteiger partial charge in [-0.3, -0.25) is 14.9 Å². The summed E-state index contributed by atoms with van der Waals surface area (Å²) in [7, 11) is 0. The molecular weight excluding hydrogens is 280 g/mol. The summed E-state index contributed by atoms with van der Waals surface area (Å²) in [6.07, 6.45) is 6.27. The number of benzene rings is 1. The van der Waals surface area contributed by atoms with Crippen LogP contribution < -0.4 is 4.90 Å². The van der Waals surface area contributed by atoms with Crippen molar-refractivity contribution in [1.29, 1.82) is 0 Å². The minimum atomic E-state index is -0.366. The first-order valence-corrected chi connectivity index (χ1v) is 8.10. The number of carbonyl (C=O) groups excluding carboxylic acids is 1. The van der Waals surface area contributed by atoms with E-state index in [0.717, 1.165) is 25.4 Å². The van der Waals surface area contributed by atoms with Gasteiger partial charge in [0.2, 0.25) is 0 Å². The molecule has 0 radical (unpaired) electrons. The number of nitro benzene ring substituents is 1. The third-order valence-electron chi connectivity index (χ3n) is 5.21. The maximum absolute atomic E-state index is 11.5. The van der Waals surface area contributed by atoms with E-state index in [4.69, 9.17) is 0 Å². The molecule has 2 atom stereocenters. The SMILES string of the molecule is CC(=O)c1ccc(N2CC[C@@H]3CCCC[C@@H]3C2)c([N+](=O)[O-])c1.